The van der Waals surface area contributed by atoms with Crippen molar-refractivity contribution in [3.63, 3.8) is 0 Å². The zero-order valence-corrected chi connectivity index (χ0v) is 10.9. The average Bonchev–Trinajstić information content (AvgIpc) is 2.57. The molecule has 1 aliphatic rings. The molecule has 0 amide bonds. The van der Waals surface area contributed by atoms with Crippen LogP contribution in [0.15, 0.2) is 0 Å². The smallest absolute Gasteiger partial charge is 0.113 e. The van der Waals surface area contributed by atoms with Crippen molar-refractivity contribution < 1.29 is 0 Å². The number of rotatable bonds is 1. The van der Waals surface area contributed by atoms with E-state index in [1.165, 1.54) is 11.3 Å². The van der Waals surface area contributed by atoms with Crippen molar-refractivity contribution in [3.05, 3.63) is 15.6 Å². The molecule has 84 valence electrons. The second-order valence-electron chi connectivity index (χ2n) is 5.66. The lowest BCUT2D eigenvalue weighted by Gasteiger charge is -2.24. The van der Waals surface area contributed by atoms with Gasteiger partial charge in [-0.1, -0.05) is 13.8 Å². The zero-order valence-electron chi connectivity index (χ0n) is 10.1. The van der Waals surface area contributed by atoms with E-state index in [-0.39, 0.29) is 5.54 Å². The minimum absolute atomic E-state index is 0.160. The Kier molecular flexibility index (Phi) is 2.43. The molecular formula is C12H20N2S. The summed E-state index contributed by atoms with van der Waals surface area (Å²) in [7, 11) is 0. The van der Waals surface area contributed by atoms with Crippen LogP contribution in [0.25, 0.3) is 0 Å². The van der Waals surface area contributed by atoms with E-state index in [4.69, 9.17) is 5.73 Å². The Bertz CT molecular complexity index is 361. The number of hydrogen-bond donors (Lipinski definition) is 1. The van der Waals surface area contributed by atoms with Crippen LogP contribution in [0.1, 0.15) is 48.7 Å². The molecule has 1 aliphatic carbocycles. The lowest BCUT2D eigenvalue weighted by Crippen LogP contribution is -2.34. The molecule has 1 fully saturated rings. The molecule has 2 N–H and O–H groups in total. The third-order valence-electron chi connectivity index (χ3n) is 3.50. The van der Waals surface area contributed by atoms with Crippen molar-refractivity contribution in [1.82, 2.24) is 4.98 Å². The first-order valence-electron chi connectivity index (χ1n) is 5.56. The topological polar surface area (TPSA) is 38.9 Å². The number of thiazole rings is 1. The van der Waals surface area contributed by atoms with Gasteiger partial charge in [-0.3, -0.25) is 0 Å². The van der Waals surface area contributed by atoms with Crippen molar-refractivity contribution in [2.24, 2.45) is 11.1 Å². The van der Waals surface area contributed by atoms with Crippen molar-refractivity contribution in [1.29, 1.82) is 0 Å². The molecule has 0 bridgehead atoms. The summed E-state index contributed by atoms with van der Waals surface area (Å²) in [5, 5.41) is 1.14. The summed E-state index contributed by atoms with van der Waals surface area (Å²) in [4.78, 5) is 5.93. The maximum absolute atomic E-state index is 6.49. The maximum Gasteiger partial charge on any atom is 0.113 e. The Labute approximate surface area is 95.9 Å². The van der Waals surface area contributed by atoms with Crippen LogP contribution in [-0.4, -0.2) is 4.98 Å². The fourth-order valence-corrected chi connectivity index (χ4v) is 3.50. The molecule has 2 rings (SSSR count). The highest BCUT2D eigenvalue weighted by molar-refractivity contribution is 7.11. The van der Waals surface area contributed by atoms with Crippen LogP contribution >= 0.6 is 11.3 Å². The molecule has 0 saturated heterocycles. The Hall–Kier alpha value is -0.410. The molecule has 1 aromatic heterocycles. The SMILES string of the molecule is Cc1nc(C2(N)CCC(C)(C)C2)sc1C. The van der Waals surface area contributed by atoms with Crippen LogP contribution in [0, 0.1) is 19.3 Å². The lowest BCUT2D eigenvalue weighted by molar-refractivity contribution is 0.339. The summed E-state index contributed by atoms with van der Waals surface area (Å²) in [5.74, 6) is 0. The molecule has 2 nitrogen and oxygen atoms in total. The first kappa shape index (κ1) is 11.1. The molecule has 0 radical (unpaired) electrons. The predicted octanol–water partition coefficient (Wildman–Crippen LogP) is 3.12. The van der Waals surface area contributed by atoms with Gasteiger partial charge in [-0.2, -0.15) is 0 Å². The Morgan fingerprint density at radius 2 is 1.93 bits per heavy atom. The van der Waals surface area contributed by atoms with Gasteiger partial charge in [-0.25, -0.2) is 4.98 Å². The van der Waals surface area contributed by atoms with E-state index < -0.39 is 0 Å². The highest BCUT2D eigenvalue weighted by Gasteiger charge is 2.43. The summed E-state index contributed by atoms with van der Waals surface area (Å²) in [6, 6.07) is 0. The number of hydrogen-bond acceptors (Lipinski definition) is 3. The van der Waals surface area contributed by atoms with E-state index in [1.807, 2.05) is 0 Å². The molecule has 0 spiro atoms. The first-order valence-corrected chi connectivity index (χ1v) is 6.37. The van der Waals surface area contributed by atoms with Gasteiger partial charge < -0.3 is 5.73 Å². The standard InChI is InChI=1S/C12H20N2S/c1-8-9(2)15-10(14-8)12(13)6-5-11(3,4)7-12/h5-7,13H2,1-4H3. The molecule has 15 heavy (non-hydrogen) atoms. The molecule has 1 heterocycles. The van der Waals surface area contributed by atoms with Gasteiger partial charge in [0.25, 0.3) is 0 Å². The van der Waals surface area contributed by atoms with E-state index in [2.05, 4.69) is 32.7 Å². The van der Waals surface area contributed by atoms with Crippen LogP contribution in [-0.2, 0) is 5.54 Å². The van der Waals surface area contributed by atoms with Gasteiger partial charge in [0.2, 0.25) is 0 Å². The normalized spacial score (nSPS) is 29.7. The molecule has 3 heteroatoms. The van der Waals surface area contributed by atoms with Gasteiger partial charge in [0.1, 0.15) is 5.01 Å². The van der Waals surface area contributed by atoms with Crippen molar-refractivity contribution in [3.8, 4) is 0 Å². The van der Waals surface area contributed by atoms with Crippen molar-refractivity contribution in [2.45, 2.75) is 52.5 Å². The third kappa shape index (κ3) is 1.95. The largest absolute Gasteiger partial charge is 0.319 e. The van der Waals surface area contributed by atoms with Gasteiger partial charge in [0.15, 0.2) is 0 Å². The number of nitrogens with two attached hydrogens (primary N) is 1. The second-order valence-corrected chi connectivity index (χ2v) is 6.86. The summed E-state index contributed by atoms with van der Waals surface area (Å²) in [6.07, 6.45) is 3.35. The van der Waals surface area contributed by atoms with Crippen LogP contribution < -0.4 is 5.73 Å². The van der Waals surface area contributed by atoms with Gasteiger partial charge in [0, 0.05) is 4.88 Å². The summed E-state index contributed by atoms with van der Waals surface area (Å²) >= 11 is 1.78. The fourth-order valence-electron chi connectivity index (χ4n) is 2.46. The Morgan fingerprint density at radius 1 is 1.27 bits per heavy atom. The van der Waals surface area contributed by atoms with Gasteiger partial charge in [-0.05, 0) is 38.5 Å². The van der Waals surface area contributed by atoms with Crippen LogP contribution in [0.2, 0.25) is 0 Å². The minimum atomic E-state index is -0.160. The quantitative estimate of drug-likeness (QED) is 0.796. The predicted molar refractivity (Wildman–Crippen MR) is 65.1 cm³/mol. The minimum Gasteiger partial charge on any atom is -0.319 e. The molecule has 1 saturated carbocycles. The van der Waals surface area contributed by atoms with E-state index in [9.17, 15) is 0 Å². The van der Waals surface area contributed by atoms with Gasteiger partial charge in [0.05, 0.1) is 11.2 Å². The van der Waals surface area contributed by atoms with E-state index in [1.54, 1.807) is 11.3 Å². The number of nitrogens with zero attached hydrogens (tertiary/aromatic N) is 1. The third-order valence-corrected chi connectivity index (χ3v) is 4.79. The number of aryl methyl sites for hydroxylation is 2. The Morgan fingerprint density at radius 3 is 2.33 bits per heavy atom. The van der Waals surface area contributed by atoms with E-state index in [0.29, 0.717) is 5.41 Å². The zero-order chi connectivity index (χ0) is 11.3. The van der Waals surface area contributed by atoms with Gasteiger partial charge >= 0.3 is 0 Å². The first-order chi connectivity index (χ1) is 6.82. The molecule has 0 aromatic carbocycles. The summed E-state index contributed by atoms with van der Waals surface area (Å²) in [5.41, 5.74) is 7.85. The van der Waals surface area contributed by atoms with Crippen molar-refractivity contribution >= 4 is 11.3 Å². The Balaban J connectivity index is 2.31. The van der Waals surface area contributed by atoms with E-state index in [0.717, 1.165) is 23.5 Å². The molecular weight excluding hydrogens is 204 g/mol. The highest BCUT2D eigenvalue weighted by Crippen LogP contribution is 2.48. The average molecular weight is 224 g/mol. The molecule has 1 atom stereocenters. The molecule has 1 unspecified atom stereocenters. The maximum atomic E-state index is 6.49. The van der Waals surface area contributed by atoms with E-state index >= 15 is 0 Å². The summed E-state index contributed by atoms with van der Waals surface area (Å²) in [6.45, 7) is 8.79. The summed E-state index contributed by atoms with van der Waals surface area (Å²) < 4.78 is 0. The van der Waals surface area contributed by atoms with Crippen LogP contribution in [0.4, 0.5) is 0 Å². The fraction of sp³-hybridized carbons (Fsp3) is 0.750. The molecule has 0 aliphatic heterocycles. The van der Waals surface area contributed by atoms with Crippen LogP contribution in [0.5, 0.6) is 0 Å². The second kappa shape index (κ2) is 3.29. The number of aromatic nitrogens is 1. The van der Waals surface area contributed by atoms with Crippen molar-refractivity contribution in [2.75, 3.05) is 0 Å². The van der Waals surface area contributed by atoms with Gasteiger partial charge in [-0.15, -0.1) is 11.3 Å². The molecule has 1 aromatic rings. The van der Waals surface area contributed by atoms with Crippen LogP contribution in [0.3, 0.4) is 0 Å². The highest BCUT2D eigenvalue weighted by atomic mass is 32.1. The lowest BCUT2D eigenvalue weighted by atomic mass is 9.88. The monoisotopic (exact) mass is 224 g/mol.